The average Bonchev–Trinajstić information content (AvgIpc) is 2.16. The summed E-state index contributed by atoms with van der Waals surface area (Å²) in [5.41, 5.74) is 1.25. The molecule has 0 spiro atoms. The highest BCUT2D eigenvalue weighted by molar-refractivity contribution is 5.46. The quantitative estimate of drug-likeness (QED) is 0.782. The molecule has 0 amide bonds. The van der Waals surface area contributed by atoms with Crippen LogP contribution >= 0.6 is 0 Å². The molecule has 0 aliphatic rings. The van der Waals surface area contributed by atoms with Gasteiger partial charge in [-0.05, 0) is 32.4 Å². The van der Waals surface area contributed by atoms with Gasteiger partial charge in [0.05, 0.1) is 6.10 Å². The second-order valence-electron chi connectivity index (χ2n) is 3.67. The van der Waals surface area contributed by atoms with E-state index in [1.165, 1.54) is 0 Å². The van der Waals surface area contributed by atoms with Gasteiger partial charge in [0.2, 0.25) is 0 Å². The maximum atomic E-state index is 9.20. The fourth-order valence-electron chi connectivity index (χ4n) is 1.44. The number of nitriles is 1. The Hall–Kier alpha value is -1.60. The molecule has 0 bridgehead atoms. The van der Waals surface area contributed by atoms with E-state index in [-0.39, 0.29) is 12.1 Å². The summed E-state index contributed by atoms with van der Waals surface area (Å²) in [4.78, 5) is 3.88. The van der Waals surface area contributed by atoms with Crippen LogP contribution < -0.4 is 5.32 Å². The zero-order valence-electron chi connectivity index (χ0n) is 8.94. The van der Waals surface area contributed by atoms with Gasteiger partial charge < -0.3 is 10.4 Å². The predicted molar refractivity (Wildman–Crippen MR) is 58.3 cm³/mol. The molecule has 2 atom stereocenters. The van der Waals surface area contributed by atoms with Crippen molar-refractivity contribution in [3.8, 4) is 6.07 Å². The number of rotatable bonds is 4. The van der Waals surface area contributed by atoms with Crippen molar-refractivity contribution in [2.24, 2.45) is 0 Å². The van der Waals surface area contributed by atoms with Crippen molar-refractivity contribution in [3.05, 3.63) is 24.0 Å². The topological polar surface area (TPSA) is 68.9 Å². The fourth-order valence-corrected chi connectivity index (χ4v) is 1.44. The normalized spacial score (nSPS) is 14.0. The lowest BCUT2D eigenvalue weighted by Gasteiger charge is -2.16. The van der Waals surface area contributed by atoms with Gasteiger partial charge in [0.25, 0.3) is 0 Å². The zero-order chi connectivity index (χ0) is 11.3. The van der Waals surface area contributed by atoms with Gasteiger partial charge >= 0.3 is 0 Å². The summed E-state index contributed by atoms with van der Waals surface area (Å²) in [7, 11) is 0. The molecule has 1 aromatic rings. The zero-order valence-corrected chi connectivity index (χ0v) is 8.94. The van der Waals surface area contributed by atoms with Crippen molar-refractivity contribution in [2.45, 2.75) is 32.4 Å². The predicted octanol–water partition coefficient (Wildman–Crippen LogP) is 1.52. The lowest BCUT2D eigenvalue weighted by atomic mass is 10.1. The van der Waals surface area contributed by atoms with E-state index < -0.39 is 0 Å². The van der Waals surface area contributed by atoms with E-state index in [2.05, 4.69) is 10.3 Å². The number of aromatic nitrogens is 1. The summed E-state index contributed by atoms with van der Waals surface area (Å²) in [5.74, 6) is 0. The highest BCUT2D eigenvalue weighted by Crippen LogP contribution is 2.10. The molecule has 4 heteroatoms. The van der Waals surface area contributed by atoms with Crippen molar-refractivity contribution in [3.63, 3.8) is 0 Å². The van der Waals surface area contributed by atoms with Gasteiger partial charge in [0.15, 0.2) is 0 Å². The molecule has 0 saturated carbocycles. The number of nitrogens with one attached hydrogen (secondary N) is 1. The first kappa shape index (κ1) is 11.5. The Morgan fingerprint density at radius 1 is 1.60 bits per heavy atom. The third-order valence-electron chi connectivity index (χ3n) is 1.98. The average molecular weight is 205 g/mol. The summed E-state index contributed by atoms with van der Waals surface area (Å²) >= 11 is 0. The third kappa shape index (κ3) is 3.96. The minimum Gasteiger partial charge on any atom is -0.393 e. The molecule has 1 rings (SSSR count). The molecule has 0 fully saturated rings. The van der Waals surface area contributed by atoms with E-state index in [1.54, 1.807) is 25.3 Å². The standard InChI is InChI=1S/C11H15N3O/c1-8(5-9(2)15)14-10-3-4-13-11(6-10)7-12/h3-4,6,8-9,15H,5H2,1-2H3,(H,13,14). The Morgan fingerprint density at radius 3 is 2.93 bits per heavy atom. The number of anilines is 1. The summed E-state index contributed by atoms with van der Waals surface area (Å²) in [6.45, 7) is 3.74. The van der Waals surface area contributed by atoms with Crippen LogP contribution in [0.25, 0.3) is 0 Å². The van der Waals surface area contributed by atoms with E-state index in [4.69, 9.17) is 5.26 Å². The second kappa shape index (κ2) is 5.32. The molecule has 4 nitrogen and oxygen atoms in total. The molecule has 2 unspecified atom stereocenters. The van der Waals surface area contributed by atoms with E-state index in [9.17, 15) is 5.11 Å². The number of pyridine rings is 1. The fraction of sp³-hybridized carbons (Fsp3) is 0.455. The van der Waals surface area contributed by atoms with Crippen molar-refractivity contribution in [1.29, 1.82) is 5.26 Å². The highest BCUT2D eigenvalue weighted by atomic mass is 16.3. The first-order chi connectivity index (χ1) is 7.11. The van der Waals surface area contributed by atoms with E-state index in [0.717, 1.165) is 5.69 Å². The van der Waals surface area contributed by atoms with Gasteiger partial charge in [-0.2, -0.15) is 5.26 Å². The number of nitrogens with zero attached hydrogens (tertiary/aromatic N) is 2. The van der Waals surface area contributed by atoms with Gasteiger partial charge in [0.1, 0.15) is 11.8 Å². The summed E-state index contributed by atoms with van der Waals surface area (Å²) in [6.07, 6.45) is 1.94. The number of aliphatic hydroxyl groups excluding tert-OH is 1. The largest absolute Gasteiger partial charge is 0.393 e. The molecule has 1 aromatic heterocycles. The number of hydrogen-bond donors (Lipinski definition) is 2. The molecular weight excluding hydrogens is 190 g/mol. The molecule has 2 N–H and O–H groups in total. The van der Waals surface area contributed by atoms with Crippen LogP contribution in [-0.2, 0) is 0 Å². The number of hydrogen-bond acceptors (Lipinski definition) is 4. The van der Waals surface area contributed by atoms with Gasteiger partial charge in [0, 0.05) is 17.9 Å². The lowest BCUT2D eigenvalue weighted by Crippen LogP contribution is -2.20. The Balaban J connectivity index is 2.60. The van der Waals surface area contributed by atoms with Crippen LogP contribution in [0, 0.1) is 11.3 Å². The van der Waals surface area contributed by atoms with Crippen LogP contribution in [0.1, 0.15) is 26.0 Å². The second-order valence-corrected chi connectivity index (χ2v) is 3.67. The van der Waals surface area contributed by atoms with Gasteiger partial charge in [-0.15, -0.1) is 0 Å². The van der Waals surface area contributed by atoms with Crippen molar-refractivity contribution in [1.82, 2.24) is 4.98 Å². The first-order valence-electron chi connectivity index (χ1n) is 4.92. The molecule has 0 radical (unpaired) electrons. The van der Waals surface area contributed by atoms with Crippen molar-refractivity contribution < 1.29 is 5.11 Å². The first-order valence-corrected chi connectivity index (χ1v) is 4.92. The molecule has 0 aliphatic heterocycles. The molecule has 0 aromatic carbocycles. The third-order valence-corrected chi connectivity index (χ3v) is 1.98. The van der Waals surface area contributed by atoms with Crippen molar-refractivity contribution >= 4 is 5.69 Å². The van der Waals surface area contributed by atoms with Gasteiger partial charge in [-0.1, -0.05) is 0 Å². The molecule has 1 heterocycles. The summed E-state index contributed by atoms with van der Waals surface area (Å²) < 4.78 is 0. The maximum Gasteiger partial charge on any atom is 0.142 e. The Labute approximate surface area is 89.6 Å². The van der Waals surface area contributed by atoms with Crippen LogP contribution in [0.3, 0.4) is 0 Å². The van der Waals surface area contributed by atoms with Crippen LogP contribution in [0.15, 0.2) is 18.3 Å². The SMILES string of the molecule is CC(O)CC(C)Nc1ccnc(C#N)c1. The van der Waals surface area contributed by atoms with Gasteiger partial charge in [-0.3, -0.25) is 0 Å². The van der Waals surface area contributed by atoms with Crippen LogP contribution in [0.4, 0.5) is 5.69 Å². The van der Waals surface area contributed by atoms with Crippen LogP contribution in [-0.4, -0.2) is 22.2 Å². The molecule has 0 aliphatic carbocycles. The van der Waals surface area contributed by atoms with E-state index >= 15 is 0 Å². The maximum absolute atomic E-state index is 9.20. The van der Waals surface area contributed by atoms with Crippen LogP contribution in [0.5, 0.6) is 0 Å². The lowest BCUT2D eigenvalue weighted by molar-refractivity contribution is 0.179. The number of aliphatic hydroxyl groups is 1. The minimum absolute atomic E-state index is 0.166. The molecule has 0 saturated heterocycles. The van der Waals surface area contributed by atoms with Gasteiger partial charge in [-0.25, -0.2) is 4.98 Å². The van der Waals surface area contributed by atoms with Crippen LogP contribution in [0.2, 0.25) is 0 Å². The smallest absolute Gasteiger partial charge is 0.142 e. The minimum atomic E-state index is -0.329. The summed E-state index contributed by atoms with van der Waals surface area (Å²) in [6, 6.07) is 5.64. The molecule has 15 heavy (non-hydrogen) atoms. The summed E-state index contributed by atoms with van der Waals surface area (Å²) in [5, 5.41) is 21.1. The van der Waals surface area contributed by atoms with E-state index in [1.807, 2.05) is 13.0 Å². The Kier molecular flexibility index (Phi) is 4.07. The highest BCUT2D eigenvalue weighted by Gasteiger charge is 2.06. The van der Waals surface area contributed by atoms with Crippen molar-refractivity contribution in [2.75, 3.05) is 5.32 Å². The monoisotopic (exact) mass is 205 g/mol. The molecule has 80 valence electrons. The molecular formula is C11H15N3O. The van der Waals surface area contributed by atoms with E-state index in [0.29, 0.717) is 12.1 Å². The Bertz CT molecular complexity index is 357. The Morgan fingerprint density at radius 2 is 2.33 bits per heavy atom.